The number of aliphatic hydroxyl groups is 1. The number of aliphatic hydroxyl groups excluding tert-OH is 1. The van der Waals surface area contributed by atoms with Gasteiger partial charge in [0.25, 0.3) is 0 Å². The van der Waals surface area contributed by atoms with Gasteiger partial charge in [-0.15, -0.1) is 0 Å². The lowest BCUT2D eigenvalue weighted by Crippen LogP contribution is -2.44. The molecule has 0 aromatic heterocycles. The summed E-state index contributed by atoms with van der Waals surface area (Å²) in [6.45, 7) is 2.79. The van der Waals surface area contributed by atoms with Crippen molar-refractivity contribution in [3.63, 3.8) is 0 Å². The Balaban J connectivity index is 1.52. The number of rotatable bonds is 10. The van der Waals surface area contributed by atoms with E-state index in [0.29, 0.717) is 37.3 Å². The first-order valence-corrected chi connectivity index (χ1v) is 10.9. The van der Waals surface area contributed by atoms with Crippen LogP contribution in [0.3, 0.4) is 0 Å². The summed E-state index contributed by atoms with van der Waals surface area (Å²) in [4.78, 5) is 24.8. The van der Waals surface area contributed by atoms with E-state index in [0.717, 1.165) is 18.4 Å². The Bertz CT molecular complexity index is 881. The van der Waals surface area contributed by atoms with Crippen LogP contribution in [-0.2, 0) is 11.2 Å². The van der Waals surface area contributed by atoms with E-state index in [-0.39, 0.29) is 30.3 Å². The molecule has 2 aromatic rings. The van der Waals surface area contributed by atoms with Crippen LogP contribution in [-0.4, -0.2) is 36.1 Å². The number of amides is 1. The Morgan fingerprint density at radius 1 is 1.13 bits per heavy atom. The highest BCUT2D eigenvalue weighted by molar-refractivity contribution is 5.98. The lowest BCUT2D eigenvalue weighted by atomic mass is 9.78. The fraction of sp³-hybridized carbons (Fsp3) is 0.440. The molecule has 2 N–H and O–H groups in total. The van der Waals surface area contributed by atoms with Crippen LogP contribution in [0.5, 0.6) is 5.75 Å². The molecule has 0 spiro atoms. The first kappa shape index (κ1) is 22.9. The van der Waals surface area contributed by atoms with Crippen LogP contribution in [0.2, 0.25) is 0 Å². The first-order chi connectivity index (χ1) is 14.9. The van der Waals surface area contributed by atoms with Crippen molar-refractivity contribution in [1.29, 1.82) is 0 Å². The van der Waals surface area contributed by atoms with E-state index in [1.54, 1.807) is 36.4 Å². The van der Waals surface area contributed by atoms with Crippen LogP contribution in [0.15, 0.2) is 48.5 Å². The molecule has 3 rings (SSSR count). The minimum atomic E-state index is -0.525. The van der Waals surface area contributed by atoms with Gasteiger partial charge in [-0.3, -0.25) is 9.59 Å². The maximum absolute atomic E-state index is 13.2. The summed E-state index contributed by atoms with van der Waals surface area (Å²) in [5.74, 6) is 0.102. The van der Waals surface area contributed by atoms with E-state index in [1.165, 1.54) is 12.1 Å². The fourth-order valence-corrected chi connectivity index (χ4v) is 4.24. The van der Waals surface area contributed by atoms with Crippen molar-refractivity contribution in [1.82, 2.24) is 5.32 Å². The zero-order valence-corrected chi connectivity index (χ0v) is 17.9. The van der Waals surface area contributed by atoms with E-state index < -0.39 is 11.5 Å². The second-order valence-corrected chi connectivity index (χ2v) is 8.23. The molecule has 2 atom stereocenters. The zero-order chi connectivity index (χ0) is 22.3. The maximum Gasteiger partial charge on any atom is 0.220 e. The largest absolute Gasteiger partial charge is 0.494 e. The summed E-state index contributed by atoms with van der Waals surface area (Å²) in [5.41, 5.74) is 1.02. The van der Waals surface area contributed by atoms with Crippen LogP contribution in [0, 0.1) is 11.2 Å². The summed E-state index contributed by atoms with van der Waals surface area (Å²) >= 11 is 0. The second-order valence-electron chi connectivity index (χ2n) is 8.23. The number of benzene rings is 2. The summed E-state index contributed by atoms with van der Waals surface area (Å²) in [7, 11) is 0. The minimum Gasteiger partial charge on any atom is -0.494 e. The molecule has 0 aliphatic heterocycles. The molecule has 6 heteroatoms. The van der Waals surface area contributed by atoms with Crippen LogP contribution < -0.4 is 10.1 Å². The third-order valence-electron chi connectivity index (χ3n) is 6.03. The normalized spacial score (nSPS) is 20.4. The molecule has 1 aliphatic carbocycles. The van der Waals surface area contributed by atoms with Gasteiger partial charge in [-0.1, -0.05) is 18.6 Å². The van der Waals surface area contributed by atoms with Crippen LogP contribution >= 0.6 is 0 Å². The Morgan fingerprint density at radius 3 is 2.45 bits per heavy atom. The van der Waals surface area contributed by atoms with Gasteiger partial charge in [-0.2, -0.15) is 0 Å². The maximum atomic E-state index is 13.2. The standard InChI is InChI=1S/C25H30FNO4/c1-2-31-21-11-7-19(8-12-21)22(28)13-14-24(30)27-17-25(15-3-4-23(25)29)16-18-5-9-20(26)10-6-18/h5-12,23,29H,2-4,13-17H2,1H3,(H,27,30)/t23-,25-/m1/s1. The predicted octanol–water partition coefficient (Wildman–Crippen LogP) is 4.08. The number of ether oxygens (including phenoxy) is 1. The Kier molecular flexibility index (Phi) is 7.80. The van der Waals surface area contributed by atoms with E-state index in [4.69, 9.17) is 4.74 Å². The minimum absolute atomic E-state index is 0.0920. The molecule has 0 heterocycles. The SMILES string of the molecule is CCOc1ccc(C(=O)CCC(=O)NC[C@]2(Cc3ccc(F)cc3)CCC[C@H]2O)cc1. The first-order valence-electron chi connectivity index (χ1n) is 10.9. The molecule has 0 saturated heterocycles. The Morgan fingerprint density at radius 2 is 1.84 bits per heavy atom. The molecule has 1 saturated carbocycles. The highest BCUT2D eigenvalue weighted by Gasteiger charge is 2.42. The second kappa shape index (κ2) is 10.5. The molecule has 1 fully saturated rings. The quantitative estimate of drug-likeness (QED) is 0.561. The summed E-state index contributed by atoms with van der Waals surface area (Å²) in [6, 6.07) is 13.2. The van der Waals surface area contributed by atoms with Gasteiger partial charge in [0.05, 0.1) is 12.7 Å². The van der Waals surface area contributed by atoms with Crippen LogP contribution in [0.1, 0.15) is 54.9 Å². The van der Waals surface area contributed by atoms with Gasteiger partial charge >= 0.3 is 0 Å². The molecule has 1 aliphatic rings. The molecule has 0 radical (unpaired) electrons. The number of ketones is 1. The number of hydrogen-bond donors (Lipinski definition) is 2. The van der Waals surface area contributed by atoms with Crippen molar-refractivity contribution in [2.75, 3.05) is 13.2 Å². The number of hydrogen-bond acceptors (Lipinski definition) is 4. The van der Waals surface area contributed by atoms with Crippen molar-refractivity contribution < 1.29 is 23.8 Å². The smallest absolute Gasteiger partial charge is 0.220 e. The van der Waals surface area contributed by atoms with Crippen LogP contribution in [0.4, 0.5) is 4.39 Å². The third kappa shape index (κ3) is 6.14. The van der Waals surface area contributed by atoms with E-state index in [1.807, 2.05) is 6.92 Å². The highest BCUT2D eigenvalue weighted by Crippen LogP contribution is 2.41. The Hall–Kier alpha value is -2.73. The molecule has 1 amide bonds. The number of halogens is 1. The lowest BCUT2D eigenvalue weighted by Gasteiger charge is -2.33. The fourth-order valence-electron chi connectivity index (χ4n) is 4.24. The third-order valence-corrected chi connectivity index (χ3v) is 6.03. The van der Waals surface area contributed by atoms with E-state index in [2.05, 4.69) is 5.32 Å². The monoisotopic (exact) mass is 427 g/mol. The van der Waals surface area contributed by atoms with Crippen molar-refractivity contribution in [3.05, 3.63) is 65.5 Å². The molecule has 166 valence electrons. The van der Waals surface area contributed by atoms with Gasteiger partial charge in [0.2, 0.25) is 5.91 Å². The van der Waals surface area contributed by atoms with Crippen LogP contribution in [0.25, 0.3) is 0 Å². The van der Waals surface area contributed by atoms with Crippen molar-refractivity contribution in [2.24, 2.45) is 5.41 Å². The summed E-state index contributed by atoms with van der Waals surface area (Å²) in [5, 5.41) is 13.5. The zero-order valence-electron chi connectivity index (χ0n) is 17.9. The topological polar surface area (TPSA) is 75.6 Å². The van der Waals surface area contributed by atoms with Crippen molar-refractivity contribution >= 4 is 11.7 Å². The molecule has 5 nitrogen and oxygen atoms in total. The van der Waals surface area contributed by atoms with Crippen molar-refractivity contribution in [3.8, 4) is 5.75 Å². The lowest BCUT2D eigenvalue weighted by molar-refractivity contribution is -0.121. The van der Waals surface area contributed by atoms with Gasteiger partial charge in [0.1, 0.15) is 11.6 Å². The van der Waals surface area contributed by atoms with Gasteiger partial charge in [0.15, 0.2) is 5.78 Å². The number of carbonyl (C=O) groups excluding carboxylic acids is 2. The van der Waals surface area contributed by atoms with Crippen molar-refractivity contribution in [2.45, 2.75) is 51.6 Å². The van der Waals surface area contributed by atoms with Gasteiger partial charge in [-0.25, -0.2) is 4.39 Å². The molecule has 31 heavy (non-hydrogen) atoms. The predicted molar refractivity (Wildman–Crippen MR) is 117 cm³/mol. The molecular formula is C25H30FNO4. The molecule has 2 aromatic carbocycles. The average molecular weight is 428 g/mol. The van der Waals surface area contributed by atoms with E-state index >= 15 is 0 Å². The van der Waals surface area contributed by atoms with Gasteiger partial charge in [-0.05, 0) is 68.1 Å². The van der Waals surface area contributed by atoms with E-state index in [9.17, 15) is 19.1 Å². The highest BCUT2D eigenvalue weighted by atomic mass is 19.1. The van der Waals surface area contributed by atoms with Gasteiger partial charge in [0, 0.05) is 30.4 Å². The molecular weight excluding hydrogens is 397 g/mol. The molecule has 0 bridgehead atoms. The molecule has 0 unspecified atom stereocenters. The van der Waals surface area contributed by atoms with Gasteiger partial charge < -0.3 is 15.2 Å². The number of carbonyl (C=O) groups is 2. The summed E-state index contributed by atoms with van der Waals surface area (Å²) in [6.07, 6.45) is 2.61. The number of Topliss-reactive ketones (excluding diaryl/α,β-unsaturated/α-hetero) is 1. The average Bonchev–Trinajstić information content (AvgIpc) is 3.13. The Labute approximate surface area is 182 Å². The summed E-state index contributed by atoms with van der Waals surface area (Å²) < 4.78 is 18.6. The number of nitrogens with one attached hydrogen (secondary N) is 1.